The number of carbonyl (C=O) groups is 1. The van der Waals surface area contributed by atoms with Gasteiger partial charge in [0, 0.05) is 0 Å². The van der Waals surface area contributed by atoms with E-state index in [0.29, 0.717) is 0 Å². The fraction of sp³-hybridized carbons (Fsp3) is 0.148. The molecule has 0 radical (unpaired) electrons. The molecule has 0 saturated heterocycles. The highest BCUT2D eigenvalue weighted by Gasteiger charge is 2.20. The van der Waals surface area contributed by atoms with Crippen molar-refractivity contribution in [3.63, 3.8) is 0 Å². The number of carbonyl (C=O) groups excluding carboxylic acids is 1. The molecule has 0 aliphatic heterocycles. The second kappa shape index (κ2) is 8.32. The van der Waals surface area contributed by atoms with E-state index in [1.807, 2.05) is 61.5 Å². The lowest BCUT2D eigenvalue weighted by Gasteiger charge is -2.20. The Morgan fingerprint density at radius 2 is 1.48 bits per heavy atom. The van der Waals surface area contributed by atoms with Crippen molar-refractivity contribution in [2.75, 3.05) is 0 Å². The Bertz CT molecular complexity index is 1130. The molecule has 0 fully saturated rings. The van der Waals surface area contributed by atoms with Gasteiger partial charge < -0.3 is 5.32 Å². The molecule has 1 amide bonds. The lowest BCUT2D eigenvalue weighted by Crippen LogP contribution is -2.29. The number of nitrogens with one attached hydrogen (secondary N) is 1. The molecule has 4 aromatic rings. The lowest BCUT2D eigenvalue weighted by atomic mass is 9.90. The van der Waals surface area contributed by atoms with E-state index in [1.54, 1.807) is 0 Å². The average molecular weight is 380 g/mol. The third kappa shape index (κ3) is 3.79. The number of rotatable bonds is 5. The predicted molar refractivity (Wildman–Crippen MR) is 121 cm³/mol. The summed E-state index contributed by atoms with van der Waals surface area (Å²) in [4.78, 5) is 13.5. The quantitative estimate of drug-likeness (QED) is 0.411. The van der Waals surface area contributed by atoms with Crippen LogP contribution in [0.25, 0.3) is 21.9 Å². The highest BCUT2D eigenvalue weighted by atomic mass is 16.1. The summed E-state index contributed by atoms with van der Waals surface area (Å²) in [7, 11) is 0. The Kier molecular flexibility index (Phi) is 5.44. The van der Waals surface area contributed by atoms with Crippen LogP contribution in [0.3, 0.4) is 0 Å². The Morgan fingerprint density at radius 3 is 2.17 bits per heavy atom. The average Bonchev–Trinajstić information content (AvgIpc) is 2.78. The minimum absolute atomic E-state index is 0.0118. The SMILES string of the molecule is CC[C@H](NC(=O)c1c(C)c(-c2ccccc2)cc2ccccc12)c1ccccc1. The van der Waals surface area contributed by atoms with Gasteiger partial charge in [0.25, 0.3) is 5.91 Å². The van der Waals surface area contributed by atoms with Crippen molar-refractivity contribution in [1.29, 1.82) is 0 Å². The van der Waals surface area contributed by atoms with Crippen molar-refractivity contribution in [3.05, 3.63) is 108 Å². The molecule has 2 heteroatoms. The van der Waals surface area contributed by atoms with Gasteiger partial charge in [-0.3, -0.25) is 4.79 Å². The van der Waals surface area contributed by atoms with E-state index < -0.39 is 0 Å². The zero-order valence-electron chi connectivity index (χ0n) is 16.9. The van der Waals surface area contributed by atoms with Gasteiger partial charge in [0.05, 0.1) is 11.6 Å². The van der Waals surface area contributed by atoms with Gasteiger partial charge in [0.15, 0.2) is 0 Å². The van der Waals surface area contributed by atoms with Crippen molar-refractivity contribution in [1.82, 2.24) is 5.32 Å². The first-order valence-electron chi connectivity index (χ1n) is 10.1. The molecule has 0 bridgehead atoms. The molecule has 0 saturated carbocycles. The number of fused-ring (bicyclic) bond motifs is 1. The number of amides is 1. The Labute approximate surface area is 172 Å². The maximum Gasteiger partial charge on any atom is 0.252 e. The predicted octanol–water partition coefficient (Wildman–Crippen LogP) is 6.70. The van der Waals surface area contributed by atoms with Gasteiger partial charge in [-0.25, -0.2) is 0 Å². The summed E-state index contributed by atoms with van der Waals surface area (Å²) >= 11 is 0. The summed E-state index contributed by atoms with van der Waals surface area (Å²) in [6, 6.07) is 30.7. The third-order valence-electron chi connectivity index (χ3n) is 5.54. The fourth-order valence-electron chi connectivity index (χ4n) is 4.00. The second-order valence-corrected chi connectivity index (χ2v) is 7.36. The topological polar surface area (TPSA) is 29.1 Å². The lowest BCUT2D eigenvalue weighted by molar-refractivity contribution is 0.0936. The summed E-state index contributed by atoms with van der Waals surface area (Å²) in [5.41, 5.74) is 5.12. The summed E-state index contributed by atoms with van der Waals surface area (Å²) in [5.74, 6) is -0.0211. The van der Waals surface area contributed by atoms with Crippen molar-refractivity contribution in [2.45, 2.75) is 26.3 Å². The van der Waals surface area contributed by atoms with Gasteiger partial charge in [-0.1, -0.05) is 91.9 Å². The van der Waals surface area contributed by atoms with E-state index >= 15 is 0 Å². The zero-order chi connectivity index (χ0) is 20.2. The van der Waals surface area contributed by atoms with Crippen LogP contribution in [0.2, 0.25) is 0 Å². The number of hydrogen-bond acceptors (Lipinski definition) is 1. The van der Waals surface area contributed by atoms with Crippen LogP contribution in [-0.2, 0) is 0 Å². The van der Waals surface area contributed by atoms with E-state index in [0.717, 1.165) is 45.0 Å². The van der Waals surface area contributed by atoms with E-state index in [4.69, 9.17) is 0 Å². The molecule has 2 nitrogen and oxygen atoms in total. The maximum absolute atomic E-state index is 13.5. The molecule has 0 heterocycles. The van der Waals surface area contributed by atoms with E-state index in [9.17, 15) is 4.79 Å². The van der Waals surface area contributed by atoms with Crippen LogP contribution in [0, 0.1) is 6.92 Å². The minimum Gasteiger partial charge on any atom is -0.345 e. The maximum atomic E-state index is 13.5. The van der Waals surface area contributed by atoms with Crippen LogP contribution in [0.15, 0.2) is 91.0 Å². The second-order valence-electron chi connectivity index (χ2n) is 7.36. The minimum atomic E-state index is -0.0211. The standard InChI is InChI=1S/C27H25NO/c1-3-25(21-14-8-5-9-15-21)28-27(29)26-19(2)24(20-12-6-4-7-13-20)18-22-16-10-11-17-23(22)26/h4-18,25H,3H2,1-2H3,(H,28,29)/t25-/m0/s1. The number of hydrogen-bond donors (Lipinski definition) is 1. The van der Waals surface area contributed by atoms with Gasteiger partial charge in [0.1, 0.15) is 0 Å². The molecule has 0 aliphatic rings. The third-order valence-corrected chi connectivity index (χ3v) is 5.54. The molecule has 29 heavy (non-hydrogen) atoms. The van der Waals surface area contributed by atoms with Crippen LogP contribution in [-0.4, -0.2) is 5.91 Å². The van der Waals surface area contributed by atoms with Crippen LogP contribution < -0.4 is 5.32 Å². The fourth-order valence-corrected chi connectivity index (χ4v) is 4.00. The summed E-state index contributed by atoms with van der Waals surface area (Å²) < 4.78 is 0. The molecule has 1 N–H and O–H groups in total. The molecular formula is C27H25NO. The Hall–Kier alpha value is -3.39. The summed E-state index contributed by atoms with van der Waals surface area (Å²) in [6.07, 6.45) is 0.838. The zero-order valence-corrected chi connectivity index (χ0v) is 16.9. The van der Waals surface area contributed by atoms with Crippen molar-refractivity contribution < 1.29 is 4.79 Å². The van der Waals surface area contributed by atoms with Crippen LogP contribution in [0.1, 0.15) is 40.9 Å². The van der Waals surface area contributed by atoms with Gasteiger partial charge in [0.2, 0.25) is 0 Å². The van der Waals surface area contributed by atoms with E-state index in [1.165, 1.54) is 0 Å². The van der Waals surface area contributed by atoms with E-state index in [2.05, 4.69) is 48.6 Å². The normalized spacial score (nSPS) is 11.9. The molecule has 1 atom stereocenters. The van der Waals surface area contributed by atoms with Crippen LogP contribution in [0.5, 0.6) is 0 Å². The van der Waals surface area contributed by atoms with E-state index in [-0.39, 0.29) is 11.9 Å². The summed E-state index contributed by atoms with van der Waals surface area (Å²) in [6.45, 7) is 4.15. The molecule has 0 unspecified atom stereocenters. The molecule has 4 rings (SSSR count). The van der Waals surface area contributed by atoms with Gasteiger partial charge in [-0.05, 0) is 52.4 Å². The molecule has 4 aromatic carbocycles. The highest BCUT2D eigenvalue weighted by molar-refractivity contribution is 6.10. The molecule has 144 valence electrons. The highest BCUT2D eigenvalue weighted by Crippen LogP contribution is 2.33. The monoisotopic (exact) mass is 379 g/mol. The smallest absolute Gasteiger partial charge is 0.252 e. The molecular weight excluding hydrogens is 354 g/mol. The van der Waals surface area contributed by atoms with Gasteiger partial charge in [-0.15, -0.1) is 0 Å². The first kappa shape index (κ1) is 18.9. The van der Waals surface area contributed by atoms with Gasteiger partial charge >= 0.3 is 0 Å². The molecule has 0 aliphatic carbocycles. The Balaban J connectivity index is 1.82. The Morgan fingerprint density at radius 1 is 0.862 bits per heavy atom. The first-order chi connectivity index (χ1) is 14.2. The molecule has 0 aromatic heterocycles. The summed E-state index contributed by atoms with van der Waals surface area (Å²) in [5, 5.41) is 5.34. The van der Waals surface area contributed by atoms with Crippen LogP contribution >= 0.6 is 0 Å². The van der Waals surface area contributed by atoms with Crippen LogP contribution in [0.4, 0.5) is 0 Å². The van der Waals surface area contributed by atoms with Gasteiger partial charge in [-0.2, -0.15) is 0 Å². The molecule has 0 spiro atoms. The van der Waals surface area contributed by atoms with Crippen molar-refractivity contribution in [2.24, 2.45) is 0 Å². The van der Waals surface area contributed by atoms with Crippen molar-refractivity contribution in [3.8, 4) is 11.1 Å². The first-order valence-corrected chi connectivity index (χ1v) is 10.1. The number of benzene rings is 4. The largest absolute Gasteiger partial charge is 0.345 e. The van der Waals surface area contributed by atoms with Crippen molar-refractivity contribution >= 4 is 16.7 Å².